The summed E-state index contributed by atoms with van der Waals surface area (Å²) < 4.78 is 13.6. The normalized spacial score (nSPS) is 12.7. The zero-order valence-electron chi connectivity index (χ0n) is 11.5. The predicted octanol–water partition coefficient (Wildman–Crippen LogP) is 3.71. The van der Waals surface area contributed by atoms with Crippen LogP contribution in [0.4, 0.5) is 4.39 Å². The second kappa shape index (κ2) is 7.75. The molecule has 0 aliphatic rings. The van der Waals surface area contributed by atoms with Gasteiger partial charge < -0.3 is 5.73 Å². The number of benzene rings is 1. The first-order valence-electron chi connectivity index (χ1n) is 6.58. The molecule has 1 rings (SSSR count). The highest BCUT2D eigenvalue weighted by Gasteiger charge is 2.15. The van der Waals surface area contributed by atoms with Crippen LogP contribution in [0.2, 0.25) is 0 Å². The van der Waals surface area contributed by atoms with Crippen molar-refractivity contribution < 1.29 is 9.18 Å². The number of halogens is 2. The number of carbonyl (C=O) groups is 1. The molecule has 1 atom stereocenters. The number of carbonyl (C=O) groups excluding carboxylic acids is 1. The molecule has 106 valence electrons. The van der Waals surface area contributed by atoms with Gasteiger partial charge in [-0.1, -0.05) is 35.8 Å². The van der Waals surface area contributed by atoms with Crippen LogP contribution in [0.25, 0.3) is 0 Å². The number of Topliss-reactive ketones (excluding diaryl/α,β-unsaturated/α-hetero) is 1. The molecule has 1 aromatic carbocycles. The molecular formula is C15H21BrFNO. The SMILES string of the molecule is CC(C)CC(CN)CC(=O)Cc1ccc(F)cc1Br. The van der Waals surface area contributed by atoms with Crippen LogP contribution in [0.5, 0.6) is 0 Å². The number of nitrogens with two attached hydrogens (primary N) is 1. The van der Waals surface area contributed by atoms with Crippen LogP contribution in [-0.2, 0) is 11.2 Å². The molecule has 1 unspecified atom stereocenters. The van der Waals surface area contributed by atoms with Gasteiger partial charge in [0.25, 0.3) is 0 Å². The van der Waals surface area contributed by atoms with E-state index in [0.717, 1.165) is 12.0 Å². The van der Waals surface area contributed by atoms with Crippen molar-refractivity contribution in [3.63, 3.8) is 0 Å². The Labute approximate surface area is 122 Å². The highest BCUT2D eigenvalue weighted by molar-refractivity contribution is 9.10. The quantitative estimate of drug-likeness (QED) is 0.828. The zero-order chi connectivity index (χ0) is 14.4. The van der Waals surface area contributed by atoms with Gasteiger partial charge in [0.05, 0.1) is 0 Å². The van der Waals surface area contributed by atoms with E-state index in [-0.39, 0.29) is 17.5 Å². The van der Waals surface area contributed by atoms with Crippen LogP contribution in [0, 0.1) is 17.7 Å². The second-order valence-corrected chi connectivity index (χ2v) is 6.24. The summed E-state index contributed by atoms with van der Waals surface area (Å²) in [7, 11) is 0. The summed E-state index contributed by atoms with van der Waals surface area (Å²) in [5.74, 6) is 0.636. The van der Waals surface area contributed by atoms with Gasteiger partial charge in [-0.25, -0.2) is 4.39 Å². The number of rotatable bonds is 7. The second-order valence-electron chi connectivity index (χ2n) is 5.39. The molecule has 1 aromatic rings. The molecule has 0 fully saturated rings. The lowest BCUT2D eigenvalue weighted by molar-refractivity contribution is -0.119. The van der Waals surface area contributed by atoms with Crippen LogP contribution in [0.3, 0.4) is 0 Å². The van der Waals surface area contributed by atoms with E-state index >= 15 is 0 Å². The van der Waals surface area contributed by atoms with Crippen molar-refractivity contribution in [2.75, 3.05) is 6.54 Å². The van der Waals surface area contributed by atoms with Gasteiger partial charge in [0.2, 0.25) is 0 Å². The first-order chi connectivity index (χ1) is 8.92. The molecule has 0 radical (unpaired) electrons. The highest BCUT2D eigenvalue weighted by atomic mass is 79.9. The maximum Gasteiger partial charge on any atom is 0.137 e. The first-order valence-corrected chi connectivity index (χ1v) is 7.37. The summed E-state index contributed by atoms with van der Waals surface area (Å²) in [4.78, 5) is 12.0. The van der Waals surface area contributed by atoms with E-state index in [4.69, 9.17) is 5.73 Å². The molecule has 0 heterocycles. The minimum atomic E-state index is -0.303. The topological polar surface area (TPSA) is 43.1 Å². The fraction of sp³-hybridized carbons (Fsp3) is 0.533. The van der Waals surface area contributed by atoms with E-state index < -0.39 is 0 Å². The standard InChI is InChI=1S/C15H21BrFNO/c1-10(2)5-11(9-18)6-14(19)7-12-3-4-13(17)8-15(12)16/h3-4,8,10-11H,5-7,9,18H2,1-2H3. The van der Waals surface area contributed by atoms with E-state index in [1.165, 1.54) is 12.1 Å². The van der Waals surface area contributed by atoms with Gasteiger partial charge in [-0.2, -0.15) is 0 Å². The Morgan fingerprint density at radius 3 is 2.63 bits per heavy atom. The fourth-order valence-corrected chi connectivity index (χ4v) is 2.69. The van der Waals surface area contributed by atoms with Crippen molar-refractivity contribution in [1.82, 2.24) is 0 Å². The van der Waals surface area contributed by atoms with Crippen LogP contribution >= 0.6 is 15.9 Å². The molecule has 19 heavy (non-hydrogen) atoms. The summed E-state index contributed by atoms with van der Waals surface area (Å²) in [6, 6.07) is 4.41. The number of hydrogen-bond acceptors (Lipinski definition) is 2. The third kappa shape index (κ3) is 5.83. The zero-order valence-corrected chi connectivity index (χ0v) is 13.0. The Hall–Kier alpha value is -0.740. The van der Waals surface area contributed by atoms with Gasteiger partial charge >= 0.3 is 0 Å². The highest BCUT2D eigenvalue weighted by Crippen LogP contribution is 2.21. The lowest BCUT2D eigenvalue weighted by atomic mass is 9.91. The minimum Gasteiger partial charge on any atom is -0.330 e. The van der Waals surface area contributed by atoms with Gasteiger partial charge in [0.15, 0.2) is 0 Å². The molecule has 0 saturated carbocycles. The van der Waals surface area contributed by atoms with Gasteiger partial charge in [-0.05, 0) is 42.5 Å². The average Bonchev–Trinajstić information content (AvgIpc) is 2.31. The smallest absolute Gasteiger partial charge is 0.137 e. The summed E-state index contributed by atoms with van der Waals surface area (Å²) in [5, 5.41) is 0. The average molecular weight is 330 g/mol. The summed E-state index contributed by atoms with van der Waals surface area (Å²) in [6.45, 7) is 4.79. The molecular weight excluding hydrogens is 309 g/mol. The molecule has 0 spiro atoms. The van der Waals surface area contributed by atoms with Gasteiger partial charge in [-0.15, -0.1) is 0 Å². The molecule has 0 saturated heterocycles. The van der Waals surface area contributed by atoms with Crippen molar-refractivity contribution in [2.45, 2.75) is 33.1 Å². The number of ketones is 1. The number of hydrogen-bond donors (Lipinski definition) is 1. The molecule has 0 amide bonds. The lowest BCUT2D eigenvalue weighted by Gasteiger charge is -2.16. The van der Waals surface area contributed by atoms with E-state index in [0.29, 0.717) is 29.8 Å². The Morgan fingerprint density at radius 1 is 1.42 bits per heavy atom. The summed E-state index contributed by atoms with van der Waals surface area (Å²) in [5.41, 5.74) is 6.53. The third-order valence-corrected chi connectivity index (χ3v) is 3.80. The largest absolute Gasteiger partial charge is 0.330 e. The van der Waals surface area contributed by atoms with Crippen LogP contribution in [0.1, 0.15) is 32.3 Å². The summed E-state index contributed by atoms with van der Waals surface area (Å²) >= 11 is 3.28. The molecule has 0 aliphatic heterocycles. The van der Waals surface area contributed by atoms with Crippen LogP contribution in [0.15, 0.2) is 22.7 Å². The Balaban J connectivity index is 2.59. The van der Waals surface area contributed by atoms with Crippen molar-refractivity contribution in [1.29, 1.82) is 0 Å². The molecule has 0 bridgehead atoms. The molecule has 2 nitrogen and oxygen atoms in total. The Morgan fingerprint density at radius 2 is 2.11 bits per heavy atom. The maximum absolute atomic E-state index is 13.0. The van der Waals surface area contributed by atoms with Gasteiger partial charge in [-0.3, -0.25) is 4.79 Å². The van der Waals surface area contributed by atoms with Gasteiger partial charge in [0, 0.05) is 17.3 Å². The van der Waals surface area contributed by atoms with E-state index in [9.17, 15) is 9.18 Å². The monoisotopic (exact) mass is 329 g/mol. The van der Waals surface area contributed by atoms with Crippen LogP contribution < -0.4 is 5.73 Å². The van der Waals surface area contributed by atoms with Crippen molar-refractivity contribution in [3.8, 4) is 0 Å². The third-order valence-electron chi connectivity index (χ3n) is 3.06. The Bertz CT molecular complexity index is 434. The fourth-order valence-electron chi connectivity index (χ4n) is 2.20. The van der Waals surface area contributed by atoms with Crippen molar-refractivity contribution in [2.24, 2.45) is 17.6 Å². The van der Waals surface area contributed by atoms with Crippen LogP contribution in [-0.4, -0.2) is 12.3 Å². The minimum absolute atomic E-state index is 0.156. The molecule has 2 N–H and O–H groups in total. The molecule has 4 heteroatoms. The lowest BCUT2D eigenvalue weighted by Crippen LogP contribution is -2.21. The van der Waals surface area contributed by atoms with Crippen molar-refractivity contribution in [3.05, 3.63) is 34.1 Å². The summed E-state index contributed by atoms with van der Waals surface area (Å²) in [6.07, 6.45) is 1.79. The van der Waals surface area contributed by atoms with Crippen molar-refractivity contribution >= 4 is 21.7 Å². The molecule has 0 aromatic heterocycles. The predicted molar refractivity (Wildman–Crippen MR) is 79.4 cm³/mol. The van der Waals surface area contributed by atoms with Gasteiger partial charge in [0.1, 0.15) is 11.6 Å². The van der Waals surface area contributed by atoms with E-state index in [2.05, 4.69) is 29.8 Å². The molecule has 0 aliphatic carbocycles. The van der Waals surface area contributed by atoms with E-state index in [1.807, 2.05) is 0 Å². The Kier molecular flexibility index (Phi) is 6.66. The maximum atomic E-state index is 13.0. The van der Waals surface area contributed by atoms with E-state index in [1.54, 1.807) is 6.07 Å². The first kappa shape index (κ1) is 16.3.